The lowest BCUT2D eigenvalue weighted by molar-refractivity contribution is -0.0979. The van der Waals surface area contributed by atoms with Crippen LogP contribution >= 0.6 is 0 Å². The molecule has 18 heavy (non-hydrogen) atoms. The third-order valence-electron chi connectivity index (χ3n) is 3.27. The Morgan fingerprint density at radius 3 is 2.00 bits per heavy atom. The monoisotopic (exact) mass is 242 g/mol. The zero-order valence-corrected chi connectivity index (χ0v) is 11.8. The van der Waals surface area contributed by atoms with Gasteiger partial charge in [-0.3, -0.25) is 0 Å². The van der Waals surface area contributed by atoms with Gasteiger partial charge in [-0.1, -0.05) is 57.2 Å². The normalized spacial score (nSPS) is 14.4. The summed E-state index contributed by atoms with van der Waals surface area (Å²) in [6.07, 6.45) is 5.54. The number of hydrogen-bond donors (Lipinski definition) is 0. The molecule has 0 N–H and O–H groups in total. The number of hydrogen-bond acceptors (Lipinski definition) is 1. The molecule has 0 saturated carbocycles. The van der Waals surface area contributed by atoms with Crippen LogP contribution in [0, 0.1) is 0 Å². The first-order valence-electron chi connectivity index (χ1n) is 6.24. The van der Waals surface area contributed by atoms with Gasteiger partial charge in [0.1, 0.15) is 6.79 Å². The van der Waals surface area contributed by atoms with Crippen LogP contribution in [-0.4, -0.2) is 6.79 Å². The van der Waals surface area contributed by atoms with Gasteiger partial charge < -0.3 is 4.79 Å². The van der Waals surface area contributed by atoms with Crippen LogP contribution in [0.5, 0.6) is 0 Å². The summed E-state index contributed by atoms with van der Waals surface area (Å²) in [4.78, 5) is 8.00. The molecule has 0 heterocycles. The Hall–Kier alpha value is -1.63. The van der Waals surface area contributed by atoms with Crippen LogP contribution in [-0.2, 0) is 10.2 Å². The predicted octanol–water partition coefficient (Wildman–Crippen LogP) is 4.53. The van der Waals surface area contributed by atoms with Crippen LogP contribution < -0.4 is 0 Å². The second-order valence-corrected chi connectivity index (χ2v) is 5.60. The quantitative estimate of drug-likeness (QED) is 0.707. The zero-order chi connectivity index (χ0) is 13.8. The van der Waals surface area contributed by atoms with Gasteiger partial charge in [0.05, 0.1) is 0 Å². The van der Waals surface area contributed by atoms with Crippen LogP contribution in [0.2, 0.25) is 0 Å². The Bertz CT molecular complexity index is 455. The van der Waals surface area contributed by atoms with E-state index in [0.29, 0.717) is 0 Å². The van der Waals surface area contributed by atoms with Crippen molar-refractivity contribution in [1.29, 1.82) is 0 Å². The summed E-state index contributed by atoms with van der Waals surface area (Å²) in [5.41, 5.74) is 5.90. The molecule has 0 aliphatic heterocycles. The fraction of sp³-hybridized carbons (Fsp3) is 0.353. The third kappa shape index (κ3) is 3.19. The van der Waals surface area contributed by atoms with E-state index in [1.165, 1.54) is 22.3 Å². The molecule has 0 saturated heterocycles. The first-order valence-corrected chi connectivity index (χ1v) is 6.24. The Kier molecular flexibility index (Phi) is 4.66. The molecule has 1 nitrogen and oxygen atoms in total. The molecule has 1 aromatic rings. The molecule has 0 fully saturated rings. The number of benzene rings is 1. The highest BCUT2D eigenvalue weighted by atomic mass is 16.1. The summed E-state index contributed by atoms with van der Waals surface area (Å²) in [6.45, 7) is 11.0. The molecule has 1 aromatic carbocycles. The molecule has 0 atom stereocenters. The summed E-state index contributed by atoms with van der Waals surface area (Å²) in [5.74, 6) is 0. The van der Waals surface area contributed by atoms with Gasteiger partial charge in [0.25, 0.3) is 0 Å². The van der Waals surface area contributed by atoms with Gasteiger partial charge >= 0.3 is 0 Å². The van der Waals surface area contributed by atoms with Crippen molar-refractivity contribution in [1.82, 2.24) is 0 Å². The Morgan fingerprint density at radius 2 is 1.61 bits per heavy atom. The Labute approximate surface area is 110 Å². The number of allylic oxidation sites excluding steroid dienone is 4. The summed E-state index contributed by atoms with van der Waals surface area (Å²) in [7, 11) is 0. The van der Waals surface area contributed by atoms with Gasteiger partial charge in [-0.15, -0.1) is 0 Å². The fourth-order valence-electron chi connectivity index (χ4n) is 2.13. The molecule has 1 aliphatic carbocycles. The molecule has 0 amide bonds. The van der Waals surface area contributed by atoms with E-state index < -0.39 is 0 Å². The van der Waals surface area contributed by atoms with Crippen molar-refractivity contribution in [3.63, 3.8) is 0 Å². The molecule has 1 heteroatoms. The predicted molar refractivity (Wildman–Crippen MR) is 78.6 cm³/mol. The highest BCUT2D eigenvalue weighted by Gasteiger charge is 2.14. The zero-order valence-electron chi connectivity index (χ0n) is 11.8. The lowest BCUT2D eigenvalue weighted by Gasteiger charge is -2.19. The summed E-state index contributed by atoms with van der Waals surface area (Å²) in [5, 5.41) is 0. The van der Waals surface area contributed by atoms with Crippen molar-refractivity contribution in [2.24, 2.45) is 0 Å². The molecule has 1 aliphatic rings. The van der Waals surface area contributed by atoms with E-state index in [4.69, 9.17) is 4.79 Å². The minimum absolute atomic E-state index is 0.246. The molecule has 0 spiro atoms. The molecule has 96 valence electrons. The lowest BCUT2D eigenvalue weighted by atomic mass is 9.86. The fourth-order valence-corrected chi connectivity index (χ4v) is 2.13. The SMILES string of the molecule is C=O.CC1=C(c2ccc(C(C)(C)C)cc2)CC=C1. The molecule has 0 unspecified atom stereocenters. The topological polar surface area (TPSA) is 17.1 Å². The molecule has 2 rings (SSSR count). The summed E-state index contributed by atoms with van der Waals surface area (Å²) < 4.78 is 0. The molecular formula is C17H22O. The van der Waals surface area contributed by atoms with Crippen molar-refractivity contribution in [3.05, 3.63) is 53.1 Å². The maximum Gasteiger partial charge on any atom is 0.106 e. The first kappa shape index (κ1) is 14.4. The van der Waals surface area contributed by atoms with Crippen molar-refractivity contribution in [3.8, 4) is 0 Å². The van der Waals surface area contributed by atoms with Crippen molar-refractivity contribution < 1.29 is 4.79 Å². The third-order valence-corrected chi connectivity index (χ3v) is 3.27. The van der Waals surface area contributed by atoms with E-state index in [1.54, 1.807) is 0 Å². The van der Waals surface area contributed by atoms with Crippen molar-refractivity contribution in [2.75, 3.05) is 0 Å². The van der Waals surface area contributed by atoms with Crippen LogP contribution in [0.1, 0.15) is 45.2 Å². The number of rotatable bonds is 1. The smallest absolute Gasteiger partial charge is 0.106 e. The van der Waals surface area contributed by atoms with Crippen LogP contribution in [0.4, 0.5) is 0 Å². The van der Waals surface area contributed by atoms with Crippen LogP contribution in [0.25, 0.3) is 5.57 Å². The standard InChI is InChI=1S/C16H20.CH2O/c1-12-6-5-7-15(12)13-8-10-14(11-9-13)16(2,3)4;1-2/h5-6,8-11H,7H2,1-4H3;1H2. The van der Waals surface area contributed by atoms with E-state index in [1.807, 2.05) is 6.79 Å². The summed E-state index contributed by atoms with van der Waals surface area (Å²) >= 11 is 0. The van der Waals surface area contributed by atoms with Gasteiger partial charge in [0.2, 0.25) is 0 Å². The van der Waals surface area contributed by atoms with E-state index in [2.05, 4.69) is 64.1 Å². The first-order chi connectivity index (χ1) is 8.48. The second-order valence-electron chi connectivity index (χ2n) is 5.60. The van der Waals surface area contributed by atoms with Gasteiger partial charge in [-0.2, -0.15) is 0 Å². The van der Waals surface area contributed by atoms with E-state index >= 15 is 0 Å². The Balaban J connectivity index is 0.000000771. The number of carbonyl (C=O) groups is 1. The van der Waals surface area contributed by atoms with E-state index in [0.717, 1.165) is 6.42 Å². The lowest BCUT2D eigenvalue weighted by Crippen LogP contribution is -2.10. The summed E-state index contributed by atoms with van der Waals surface area (Å²) in [6, 6.07) is 9.03. The highest BCUT2D eigenvalue weighted by molar-refractivity contribution is 5.74. The minimum atomic E-state index is 0.246. The largest absolute Gasteiger partial charge is 0.307 e. The van der Waals surface area contributed by atoms with Gasteiger partial charge in [0, 0.05) is 0 Å². The minimum Gasteiger partial charge on any atom is -0.307 e. The maximum absolute atomic E-state index is 8.00. The maximum atomic E-state index is 8.00. The van der Waals surface area contributed by atoms with E-state index in [-0.39, 0.29) is 5.41 Å². The van der Waals surface area contributed by atoms with Crippen LogP contribution in [0.15, 0.2) is 42.0 Å². The van der Waals surface area contributed by atoms with Crippen molar-refractivity contribution >= 4 is 12.4 Å². The number of carbonyl (C=O) groups excluding carboxylic acids is 1. The van der Waals surface area contributed by atoms with E-state index in [9.17, 15) is 0 Å². The molecule has 0 aromatic heterocycles. The highest BCUT2D eigenvalue weighted by Crippen LogP contribution is 2.30. The van der Waals surface area contributed by atoms with Gasteiger partial charge in [-0.05, 0) is 41.0 Å². The molecular weight excluding hydrogens is 220 g/mol. The average Bonchev–Trinajstić information content (AvgIpc) is 2.77. The molecule has 0 bridgehead atoms. The second kappa shape index (κ2) is 5.81. The van der Waals surface area contributed by atoms with Crippen LogP contribution in [0.3, 0.4) is 0 Å². The van der Waals surface area contributed by atoms with Crippen molar-refractivity contribution in [2.45, 2.75) is 39.5 Å². The van der Waals surface area contributed by atoms with Gasteiger partial charge in [0.15, 0.2) is 0 Å². The Morgan fingerprint density at radius 1 is 1.06 bits per heavy atom. The van der Waals surface area contributed by atoms with Gasteiger partial charge in [-0.25, -0.2) is 0 Å². The average molecular weight is 242 g/mol. The molecule has 0 radical (unpaired) electrons.